The van der Waals surface area contributed by atoms with E-state index in [1.807, 2.05) is 6.92 Å². The van der Waals surface area contributed by atoms with Crippen molar-refractivity contribution < 1.29 is 9.59 Å². The van der Waals surface area contributed by atoms with Crippen LogP contribution in [0, 0.1) is 0 Å². The Morgan fingerprint density at radius 1 is 1.67 bits per heavy atom. The Kier molecular flexibility index (Phi) is 3.79. The van der Waals surface area contributed by atoms with Gasteiger partial charge in [0, 0.05) is 12.7 Å². The van der Waals surface area contributed by atoms with Crippen molar-refractivity contribution in [3.8, 4) is 0 Å². The fourth-order valence-electron chi connectivity index (χ4n) is 1.29. The molecule has 0 aromatic carbocycles. The zero-order chi connectivity index (χ0) is 11.3. The van der Waals surface area contributed by atoms with Crippen molar-refractivity contribution in [1.29, 1.82) is 0 Å². The molecule has 1 rings (SSSR count). The number of carbonyl (C=O) groups excluding carboxylic acids is 2. The van der Waals surface area contributed by atoms with E-state index in [1.165, 1.54) is 0 Å². The quantitative estimate of drug-likeness (QED) is 0.700. The van der Waals surface area contributed by atoms with E-state index in [0.29, 0.717) is 24.2 Å². The van der Waals surface area contributed by atoms with Crippen molar-refractivity contribution in [3.63, 3.8) is 0 Å². The minimum Gasteiger partial charge on any atom is -0.368 e. The van der Waals surface area contributed by atoms with Gasteiger partial charge in [0.15, 0.2) is 6.29 Å². The summed E-state index contributed by atoms with van der Waals surface area (Å²) in [7, 11) is 0. The lowest BCUT2D eigenvalue weighted by Crippen LogP contribution is -2.34. The number of nitrogens with two attached hydrogens (primary N) is 1. The first-order chi connectivity index (χ1) is 7.19. The SMILES string of the molecule is CCN(CC(N)=O)c1ncccc1C=O. The lowest BCUT2D eigenvalue weighted by molar-refractivity contribution is -0.116. The van der Waals surface area contributed by atoms with Gasteiger partial charge in [0.2, 0.25) is 5.91 Å². The third-order valence-electron chi connectivity index (χ3n) is 1.97. The largest absolute Gasteiger partial charge is 0.368 e. The molecule has 0 aliphatic rings. The molecule has 1 amide bonds. The highest BCUT2D eigenvalue weighted by atomic mass is 16.1. The molecule has 0 bridgehead atoms. The summed E-state index contributed by atoms with van der Waals surface area (Å²) < 4.78 is 0. The summed E-state index contributed by atoms with van der Waals surface area (Å²) >= 11 is 0. The number of hydrogen-bond donors (Lipinski definition) is 1. The molecular formula is C10H13N3O2. The maximum atomic E-state index is 10.8. The fourth-order valence-corrected chi connectivity index (χ4v) is 1.29. The van der Waals surface area contributed by atoms with Crippen LogP contribution in [0.25, 0.3) is 0 Å². The van der Waals surface area contributed by atoms with Crippen LogP contribution < -0.4 is 10.6 Å². The van der Waals surface area contributed by atoms with Gasteiger partial charge in [0.05, 0.1) is 12.1 Å². The highest BCUT2D eigenvalue weighted by Crippen LogP contribution is 2.14. The van der Waals surface area contributed by atoms with Crippen LogP contribution in [0.15, 0.2) is 18.3 Å². The summed E-state index contributed by atoms with van der Waals surface area (Å²) in [5.74, 6) is 0.0492. The van der Waals surface area contributed by atoms with Crippen LogP contribution in [0.2, 0.25) is 0 Å². The van der Waals surface area contributed by atoms with E-state index >= 15 is 0 Å². The first kappa shape index (κ1) is 11.2. The Morgan fingerprint density at radius 2 is 2.40 bits per heavy atom. The van der Waals surface area contributed by atoms with Crippen LogP contribution in [-0.2, 0) is 4.79 Å². The second-order valence-electron chi connectivity index (χ2n) is 3.01. The standard InChI is InChI=1S/C10H13N3O2/c1-2-13(6-9(11)15)10-8(7-14)4-3-5-12-10/h3-5,7H,2,6H2,1H3,(H2,11,15). The van der Waals surface area contributed by atoms with Crippen LogP contribution in [-0.4, -0.2) is 30.3 Å². The van der Waals surface area contributed by atoms with E-state index in [9.17, 15) is 9.59 Å². The number of rotatable bonds is 5. The number of pyridine rings is 1. The molecule has 1 heterocycles. The minimum atomic E-state index is -0.445. The van der Waals surface area contributed by atoms with Gasteiger partial charge in [-0.2, -0.15) is 0 Å². The van der Waals surface area contributed by atoms with Gasteiger partial charge < -0.3 is 10.6 Å². The summed E-state index contributed by atoms with van der Waals surface area (Å²) in [6, 6.07) is 3.32. The summed E-state index contributed by atoms with van der Waals surface area (Å²) in [4.78, 5) is 27.3. The van der Waals surface area contributed by atoms with Gasteiger partial charge in [-0.25, -0.2) is 4.98 Å². The number of amides is 1. The van der Waals surface area contributed by atoms with Crippen molar-refractivity contribution in [3.05, 3.63) is 23.9 Å². The maximum Gasteiger partial charge on any atom is 0.236 e. The summed E-state index contributed by atoms with van der Waals surface area (Å²) in [6.45, 7) is 2.50. The number of anilines is 1. The van der Waals surface area contributed by atoms with Crippen LogP contribution in [0.4, 0.5) is 5.82 Å². The molecule has 15 heavy (non-hydrogen) atoms. The highest BCUT2D eigenvalue weighted by molar-refractivity contribution is 5.85. The van der Waals surface area contributed by atoms with E-state index in [-0.39, 0.29) is 6.54 Å². The van der Waals surface area contributed by atoms with Gasteiger partial charge in [-0.1, -0.05) is 0 Å². The molecule has 1 aromatic rings. The average Bonchev–Trinajstić information content (AvgIpc) is 2.25. The van der Waals surface area contributed by atoms with E-state index in [2.05, 4.69) is 4.98 Å². The smallest absolute Gasteiger partial charge is 0.236 e. The minimum absolute atomic E-state index is 0.0638. The normalized spacial score (nSPS) is 9.67. The molecule has 0 atom stereocenters. The molecule has 0 spiro atoms. The zero-order valence-electron chi connectivity index (χ0n) is 8.51. The Bertz CT molecular complexity index is 365. The van der Waals surface area contributed by atoms with Crippen molar-refractivity contribution in [1.82, 2.24) is 4.98 Å². The molecule has 1 aromatic heterocycles. The molecular weight excluding hydrogens is 194 g/mol. The Morgan fingerprint density at radius 3 is 2.93 bits per heavy atom. The molecule has 5 nitrogen and oxygen atoms in total. The Labute approximate surface area is 87.9 Å². The van der Waals surface area contributed by atoms with Crippen molar-refractivity contribution in [2.24, 2.45) is 5.73 Å². The van der Waals surface area contributed by atoms with Crippen molar-refractivity contribution in [2.45, 2.75) is 6.92 Å². The van der Waals surface area contributed by atoms with E-state index in [1.54, 1.807) is 23.2 Å². The molecule has 80 valence electrons. The van der Waals surface area contributed by atoms with Gasteiger partial charge in [-0.3, -0.25) is 9.59 Å². The molecule has 2 N–H and O–H groups in total. The summed E-state index contributed by atoms with van der Waals surface area (Å²) in [6.07, 6.45) is 2.29. The highest BCUT2D eigenvalue weighted by Gasteiger charge is 2.12. The van der Waals surface area contributed by atoms with Gasteiger partial charge in [-0.05, 0) is 19.1 Å². The van der Waals surface area contributed by atoms with Crippen molar-refractivity contribution in [2.75, 3.05) is 18.0 Å². The van der Waals surface area contributed by atoms with Crippen LogP contribution in [0.3, 0.4) is 0 Å². The second kappa shape index (κ2) is 5.09. The molecule has 0 unspecified atom stereocenters. The van der Waals surface area contributed by atoms with Gasteiger partial charge in [0.25, 0.3) is 0 Å². The molecule has 5 heteroatoms. The Hall–Kier alpha value is -1.91. The topological polar surface area (TPSA) is 76.3 Å². The molecule has 0 saturated carbocycles. The molecule has 0 radical (unpaired) electrons. The first-order valence-corrected chi connectivity index (χ1v) is 4.62. The van der Waals surface area contributed by atoms with E-state index in [4.69, 9.17) is 5.73 Å². The van der Waals surface area contributed by atoms with Crippen LogP contribution in [0.1, 0.15) is 17.3 Å². The van der Waals surface area contributed by atoms with Crippen LogP contribution in [0.5, 0.6) is 0 Å². The van der Waals surface area contributed by atoms with E-state index in [0.717, 1.165) is 0 Å². The van der Waals surface area contributed by atoms with Crippen LogP contribution >= 0.6 is 0 Å². The zero-order valence-corrected chi connectivity index (χ0v) is 8.51. The number of likely N-dealkylation sites (N-methyl/N-ethyl adjacent to an activating group) is 1. The summed E-state index contributed by atoms with van der Waals surface area (Å²) in [5.41, 5.74) is 5.56. The van der Waals surface area contributed by atoms with Gasteiger partial charge in [-0.15, -0.1) is 0 Å². The molecule has 0 saturated heterocycles. The second-order valence-corrected chi connectivity index (χ2v) is 3.01. The molecule has 0 fully saturated rings. The molecule has 0 aliphatic carbocycles. The average molecular weight is 207 g/mol. The van der Waals surface area contributed by atoms with E-state index < -0.39 is 5.91 Å². The number of aldehydes is 1. The first-order valence-electron chi connectivity index (χ1n) is 4.62. The van der Waals surface area contributed by atoms with Gasteiger partial charge >= 0.3 is 0 Å². The lowest BCUT2D eigenvalue weighted by Gasteiger charge is -2.21. The van der Waals surface area contributed by atoms with Gasteiger partial charge in [0.1, 0.15) is 5.82 Å². The monoisotopic (exact) mass is 207 g/mol. The maximum absolute atomic E-state index is 10.8. The summed E-state index contributed by atoms with van der Waals surface area (Å²) in [5, 5.41) is 0. The third-order valence-corrected chi connectivity index (χ3v) is 1.97. The molecule has 0 aliphatic heterocycles. The number of hydrogen-bond acceptors (Lipinski definition) is 4. The predicted molar refractivity (Wildman–Crippen MR) is 56.7 cm³/mol. The number of aromatic nitrogens is 1. The number of carbonyl (C=O) groups is 2. The lowest BCUT2D eigenvalue weighted by atomic mass is 10.2. The predicted octanol–water partition coefficient (Wildman–Crippen LogP) is 0.206. The van der Waals surface area contributed by atoms with Crippen molar-refractivity contribution >= 4 is 18.0 Å². The number of primary amides is 1. The number of nitrogens with zero attached hydrogens (tertiary/aromatic N) is 2. The third kappa shape index (κ3) is 2.77. The Balaban J connectivity index is 3.00. The fraction of sp³-hybridized carbons (Fsp3) is 0.300.